The molecule has 3 heteroatoms. The molecule has 0 aromatic carbocycles. The van der Waals surface area contributed by atoms with Gasteiger partial charge in [0.2, 0.25) is 5.91 Å². The molecular formula is C12H22N2O. The Balaban J connectivity index is 1.94. The van der Waals surface area contributed by atoms with E-state index in [0.29, 0.717) is 18.4 Å². The first-order chi connectivity index (χ1) is 7.18. The molecule has 0 aromatic heterocycles. The predicted molar refractivity (Wildman–Crippen MR) is 60.3 cm³/mol. The van der Waals surface area contributed by atoms with Crippen molar-refractivity contribution in [3.8, 4) is 0 Å². The second-order valence-corrected chi connectivity index (χ2v) is 5.15. The van der Waals surface area contributed by atoms with E-state index in [9.17, 15) is 4.79 Å². The van der Waals surface area contributed by atoms with Gasteiger partial charge in [-0.25, -0.2) is 0 Å². The van der Waals surface area contributed by atoms with Crippen LogP contribution in [0.2, 0.25) is 0 Å². The van der Waals surface area contributed by atoms with Crippen LogP contribution in [0, 0.1) is 5.92 Å². The summed E-state index contributed by atoms with van der Waals surface area (Å²) in [5.41, 5.74) is 5.82. The van der Waals surface area contributed by atoms with Crippen LogP contribution < -0.4 is 5.73 Å². The smallest absolute Gasteiger partial charge is 0.224 e. The summed E-state index contributed by atoms with van der Waals surface area (Å²) in [6.45, 7) is 2.97. The number of nitrogens with zero attached hydrogens (tertiary/aromatic N) is 1. The van der Waals surface area contributed by atoms with Crippen LogP contribution in [0.25, 0.3) is 0 Å². The maximum absolute atomic E-state index is 11.7. The van der Waals surface area contributed by atoms with Gasteiger partial charge in [-0.1, -0.05) is 19.3 Å². The van der Waals surface area contributed by atoms with E-state index < -0.39 is 0 Å². The Bertz CT molecular complexity index is 236. The van der Waals surface area contributed by atoms with Gasteiger partial charge >= 0.3 is 0 Å². The number of hydrogen-bond acceptors (Lipinski definition) is 2. The largest absolute Gasteiger partial charge is 0.338 e. The molecule has 2 aliphatic rings. The molecule has 3 nitrogen and oxygen atoms in total. The molecule has 86 valence electrons. The minimum Gasteiger partial charge on any atom is -0.338 e. The Morgan fingerprint density at radius 2 is 2.00 bits per heavy atom. The number of likely N-dealkylation sites (tertiary alicyclic amines) is 1. The molecule has 0 spiro atoms. The fourth-order valence-electron chi connectivity index (χ4n) is 3.03. The number of amides is 1. The summed E-state index contributed by atoms with van der Waals surface area (Å²) < 4.78 is 0. The number of nitrogens with two attached hydrogens (primary N) is 1. The zero-order valence-electron chi connectivity index (χ0n) is 9.61. The molecule has 1 aliphatic heterocycles. The maximum Gasteiger partial charge on any atom is 0.224 e. The molecule has 1 aliphatic carbocycles. The second kappa shape index (κ2) is 4.52. The maximum atomic E-state index is 11.7. The van der Waals surface area contributed by atoms with E-state index >= 15 is 0 Å². The van der Waals surface area contributed by atoms with Crippen LogP contribution in [0.15, 0.2) is 0 Å². The van der Waals surface area contributed by atoms with Crippen molar-refractivity contribution in [1.82, 2.24) is 4.90 Å². The summed E-state index contributed by atoms with van der Waals surface area (Å²) in [7, 11) is 0. The first kappa shape index (κ1) is 10.9. The molecule has 2 fully saturated rings. The molecule has 0 aromatic rings. The van der Waals surface area contributed by atoms with Gasteiger partial charge in [0.25, 0.3) is 0 Å². The molecule has 2 N–H and O–H groups in total. The molecular weight excluding hydrogens is 188 g/mol. The minimum absolute atomic E-state index is 0.0727. The number of carbonyl (C=O) groups excluding carboxylic acids is 1. The van der Waals surface area contributed by atoms with E-state index in [1.165, 1.54) is 32.1 Å². The van der Waals surface area contributed by atoms with Crippen LogP contribution in [0.4, 0.5) is 0 Å². The van der Waals surface area contributed by atoms with Crippen molar-refractivity contribution >= 4 is 5.91 Å². The van der Waals surface area contributed by atoms with Crippen molar-refractivity contribution in [2.24, 2.45) is 11.7 Å². The molecule has 0 radical (unpaired) electrons. The number of carbonyl (C=O) groups is 1. The summed E-state index contributed by atoms with van der Waals surface area (Å²) in [6, 6.07) is 0.481. The number of rotatable bonds is 2. The van der Waals surface area contributed by atoms with Crippen LogP contribution in [-0.4, -0.2) is 29.4 Å². The molecule has 1 saturated carbocycles. The van der Waals surface area contributed by atoms with Gasteiger partial charge in [0.05, 0.1) is 0 Å². The van der Waals surface area contributed by atoms with E-state index in [4.69, 9.17) is 5.73 Å². The molecule has 2 rings (SSSR count). The van der Waals surface area contributed by atoms with Gasteiger partial charge in [-0.3, -0.25) is 4.79 Å². The zero-order chi connectivity index (χ0) is 10.8. The molecule has 2 unspecified atom stereocenters. The molecule has 1 saturated heterocycles. The topological polar surface area (TPSA) is 46.3 Å². The second-order valence-electron chi connectivity index (χ2n) is 5.15. The van der Waals surface area contributed by atoms with Gasteiger partial charge in [-0.15, -0.1) is 0 Å². The Morgan fingerprint density at radius 1 is 1.33 bits per heavy atom. The standard InChI is InChI=1S/C12H22N2O/c1-9(10-5-3-2-4-6-10)14-8-11(13)7-12(14)15/h9-11H,2-8,13H2,1H3. The van der Waals surface area contributed by atoms with Crippen molar-refractivity contribution in [3.05, 3.63) is 0 Å². The first-order valence-corrected chi connectivity index (χ1v) is 6.23. The van der Waals surface area contributed by atoms with E-state index in [0.717, 1.165) is 6.54 Å². The summed E-state index contributed by atoms with van der Waals surface area (Å²) in [4.78, 5) is 13.7. The van der Waals surface area contributed by atoms with E-state index in [-0.39, 0.29) is 11.9 Å². The van der Waals surface area contributed by atoms with Crippen molar-refractivity contribution < 1.29 is 4.79 Å². The lowest BCUT2D eigenvalue weighted by molar-refractivity contribution is -0.130. The molecule has 0 bridgehead atoms. The minimum atomic E-state index is 0.0727. The highest BCUT2D eigenvalue weighted by atomic mass is 16.2. The fourth-order valence-corrected chi connectivity index (χ4v) is 3.03. The summed E-state index contributed by atoms with van der Waals surface area (Å²) in [5, 5.41) is 0. The van der Waals surface area contributed by atoms with Crippen molar-refractivity contribution in [3.63, 3.8) is 0 Å². The Morgan fingerprint density at radius 3 is 2.53 bits per heavy atom. The van der Waals surface area contributed by atoms with Crippen LogP contribution in [0.5, 0.6) is 0 Å². The fraction of sp³-hybridized carbons (Fsp3) is 0.917. The Kier molecular flexibility index (Phi) is 3.29. The SMILES string of the molecule is CC(C1CCCCC1)N1CC(N)CC1=O. The van der Waals surface area contributed by atoms with Crippen LogP contribution in [-0.2, 0) is 4.79 Å². The highest BCUT2D eigenvalue weighted by Gasteiger charge is 2.34. The summed E-state index contributed by atoms with van der Waals surface area (Å²) in [5.74, 6) is 0.980. The van der Waals surface area contributed by atoms with E-state index in [2.05, 4.69) is 6.92 Å². The Hall–Kier alpha value is -0.570. The van der Waals surface area contributed by atoms with Gasteiger partial charge in [0.1, 0.15) is 0 Å². The highest BCUT2D eigenvalue weighted by molar-refractivity contribution is 5.79. The van der Waals surface area contributed by atoms with Gasteiger partial charge in [-0.05, 0) is 25.7 Å². The average Bonchev–Trinajstić information content (AvgIpc) is 2.58. The van der Waals surface area contributed by atoms with E-state index in [1.807, 2.05) is 4.90 Å². The van der Waals surface area contributed by atoms with Crippen molar-refractivity contribution in [2.45, 2.75) is 57.5 Å². The third-order valence-corrected chi connectivity index (χ3v) is 4.01. The first-order valence-electron chi connectivity index (χ1n) is 6.23. The zero-order valence-corrected chi connectivity index (χ0v) is 9.61. The lowest BCUT2D eigenvalue weighted by Gasteiger charge is -2.34. The van der Waals surface area contributed by atoms with Crippen LogP contribution >= 0.6 is 0 Å². The van der Waals surface area contributed by atoms with Crippen molar-refractivity contribution in [2.75, 3.05) is 6.54 Å². The normalized spacial score (nSPS) is 30.9. The van der Waals surface area contributed by atoms with E-state index in [1.54, 1.807) is 0 Å². The third-order valence-electron chi connectivity index (χ3n) is 4.01. The third kappa shape index (κ3) is 2.33. The van der Waals surface area contributed by atoms with Crippen LogP contribution in [0.3, 0.4) is 0 Å². The molecule has 1 amide bonds. The summed E-state index contributed by atoms with van der Waals surface area (Å²) in [6.07, 6.45) is 7.18. The van der Waals surface area contributed by atoms with Crippen molar-refractivity contribution in [1.29, 1.82) is 0 Å². The highest BCUT2D eigenvalue weighted by Crippen LogP contribution is 2.30. The lowest BCUT2D eigenvalue weighted by Crippen LogP contribution is -2.41. The average molecular weight is 210 g/mol. The monoisotopic (exact) mass is 210 g/mol. The van der Waals surface area contributed by atoms with Gasteiger partial charge < -0.3 is 10.6 Å². The van der Waals surface area contributed by atoms with Gasteiger partial charge in [0.15, 0.2) is 0 Å². The van der Waals surface area contributed by atoms with Crippen LogP contribution in [0.1, 0.15) is 45.4 Å². The lowest BCUT2D eigenvalue weighted by atomic mass is 9.84. The summed E-state index contributed by atoms with van der Waals surface area (Å²) >= 11 is 0. The molecule has 2 atom stereocenters. The van der Waals surface area contributed by atoms with Gasteiger partial charge in [0, 0.05) is 25.0 Å². The quantitative estimate of drug-likeness (QED) is 0.751. The molecule has 15 heavy (non-hydrogen) atoms. The number of hydrogen-bond donors (Lipinski definition) is 1. The molecule has 1 heterocycles. The Labute approximate surface area is 92.0 Å². The predicted octanol–water partition coefficient (Wildman–Crippen LogP) is 1.51. The van der Waals surface area contributed by atoms with Gasteiger partial charge in [-0.2, -0.15) is 0 Å².